The molecular weight excluding hydrogens is 436 g/mol. The minimum Gasteiger partial charge on any atom is -0.465 e. The minimum absolute atomic E-state index is 0.0150. The van der Waals surface area contributed by atoms with Crippen LogP contribution in [0.1, 0.15) is 17.3 Å². The number of rotatable bonds is 7. The van der Waals surface area contributed by atoms with Crippen molar-refractivity contribution in [2.24, 2.45) is 10.2 Å². The van der Waals surface area contributed by atoms with E-state index in [1.807, 2.05) is 0 Å². The minimum atomic E-state index is -3.81. The van der Waals surface area contributed by atoms with Crippen molar-refractivity contribution in [2.45, 2.75) is 11.8 Å². The molecule has 0 aliphatic heterocycles. The highest BCUT2D eigenvalue weighted by Crippen LogP contribution is 2.27. The first-order valence-electron chi connectivity index (χ1n) is 9.15. The molecule has 0 aliphatic rings. The summed E-state index contributed by atoms with van der Waals surface area (Å²) in [5, 5.41) is 8.07. The highest BCUT2D eigenvalue weighted by Gasteiger charge is 2.16. The van der Waals surface area contributed by atoms with Gasteiger partial charge in [0.05, 0.1) is 23.4 Å². The average Bonchev–Trinajstić information content (AvgIpc) is 2.78. The van der Waals surface area contributed by atoms with Crippen molar-refractivity contribution in [1.29, 1.82) is 0 Å². The average molecular weight is 454 g/mol. The van der Waals surface area contributed by atoms with E-state index in [0.29, 0.717) is 11.4 Å². The van der Waals surface area contributed by atoms with Crippen LogP contribution in [0.5, 0.6) is 5.75 Å². The van der Waals surface area contributed by atoms with Crippen molar-refractivity contribution in [1.82, 2.24) is 4.98 Å². The molecule has 3 rings (SSSR count). The number of anilines is 1. The number of nitrogens with zero attached hydrogens (tertiary/aromatic N) is 3. The van der Waals surface area contributed by atoms with Gasteiger partial charge in [0.15, 0.2) is 0 Å². The molecule has 11 heteroatoms. The van der Waals surface area contributed by atoms with E-state index in [0.717, 1.165) is 0 Å². The molecule has 32 heavy (non-hydrogen) atoms. The Morgan fingerprint density at radius 2 is 1.66 bits per heavy atom. The Morgan fingerprint density at radius 3 is 2.28 bits per heavy atom. The molecule has 0 saturated heterocycles. The summed E-state index contributed by atoms with van der Waals surface area (Å²) in [6, 6.07) is 14.9. The van der Waals surface area contributed by atoms with E-state index in [-0.39, 0.29) is 22.0 Å². The maximum Gasteiger partial charge on any atom is 0.341 e. The lowest BCUT2D eigenvalue weighted by Gasteiger charge is -2.08. The number of aromatic nitrogens is 1. The number of ether oxygens (including phenoxy) is 2. The smallest absolute Gasteiger partial charge is 0.341 e. The number of carbonyl (C=O) groups excluding carboxylic acids is 2. The van der Waals surface area contributed by atoms with Crippen LogP contribution in [0, 0.1) is 0 Å². The number of pyridine rings is 1. The molecule has 0 amide bonds. The number of hydrogen-bond acceptors (Lipinski definition) is 9. The lowest BCUT2D eigenvalue weighted by atomic mass is 10.2. The van der Waals surface area contributed by atoms with Crippen LogP contribution in [-0.2, 0) is 19.6 Å². The fourth-order valence-corrected chi connectivity index (χ4v) is 3.53. The van der Waals surface area contributed by atoms with Gasteiger partial charge in [-0.25, -0.2) is 18.2 Å². The molecule has 0 aliphatic carbocycles. The van der Waals surface area contributed by atoms with Gasteiger partial charge in [-0.3, -0.25) is 9.52 Å². The molecule has 0 bridgehead atoms. The summed E-state index contributed by atoms with van der Waals surface area (Å²) < 4.78 is 37.0. The van der Waals surface area contributed by atoms with Crippen molar-refractivity contribution in [3.05, 3.63) is 72.4 Å². The van der Waals surface area contributed by atoms with Gasteiger partial charge in [0.2, 0.25) is 0 Å². The predicted molar refractivity (Wildman–Crippen MR) is 115 cm³/mol. The molecule has 2 aromatic carbocycles. The van der Waals surface area contributed by atoms with E-state index >= 15 is 0 Å². The van der Waals surface area contributed by atoms with Crippen LogP contribution in [0.25, 0.3) is 0 Å². The fourth-order valence-electron chi connectivity index (χ4n) is 2.52. The number of hydrogen-bond donors (Lipinski definition) is 1. The number of esters is 2. The second-order valence-corrected chi connectivity index (χ2v) is 7.96. The van der Waals surface area contributed by atoms with Crippen molar-refractivity contribution >= 4 is 39.2 Å². The first kappa shape index (κ1) is 22.6. The maximum atomic E-state index is 12.4. The zero-order chi connectivity index (χ0) is 23.1. The Hall–Kier alpha value is -4.12. The van der Waals surface area contributed by atoms with Crippen LogP contribution >= 0.6 is 0 Å². The quantitative estimate of drug-likeness (QED) is 0.323. The summed E-state index contributed by atoms with van der Waals surface area (Å²) in [7, 11) is -2.61. The van der Waals surface area contributed by atoms with Crippen LogP contribution in [0.3, 0.4) is 0 Å². The second kappa shape index (κ2) is 9.79. The monoisotopic (exact) mass is 454 g/mol. The normalized spacial score (nSPS) is 11.2. The molecule has 3 aromatic rings. The van der Waals surface area contributed by atoms with Crippen LogP contribution in [0.4, 0.5) is 17.2 Å². The fraction of sp³-hybridized carbons (Fsp3) is 0.0952. The summed E-state index contributed by atoms with van der Waals surface area (Å²) >= 11 is 0. The molecule has 0 unspecified atom stereocenters. The number of azo groups is 1. The summed E-state index contributed by atoms with van der Waals surface area (Å²) in [6.07, 6.45) is 1.48. The summed E-state index contributed by atoms with van der Waals surface area (Å²) in [4.78, 5) is 27.1. The molecule has 0 spiro atoms. The zero-order valence-corrected chi connectivity index (χ0v) is 17.9. The predicted octanol–water partition coefficient (Wildman–Crippen LogP) is 4.01. The zero-order valence-electron chi connectivity index (χ0n) is 17.1. The van der Waals surface area contributed by atoms with Gasteiger partial charge in [0.25, 0.3) is 10.0 Å². The van der Waals surface area contributed by atoms with Crippen molar-refractivity contribution in [2.75, 3.05) is 11.8 Å². The Balaban J connectivity index is 1.78. The van der Waals surface area contributed by atoms with Crippen LogP contribution in [-0.4, -0.2) is 32.5 Å². The molecule has 0 radical (unpaired) electrons. The van der Waals surface area contributed by atoms with E-state index in [1.54, 1.807) is 12.1 Å². The molecule has 0 fully saturated rings. The van der Waals surface area contributed by atoms with E-state index in [9.17, 15) is 18.0 Å². The number of benzene rings is 2. The van der Waals surface area contributed by atoms with Gasteiger partial charge < -0.3 is 9.47 Å². The SMILES string of the molecule is COC(=O)c1cc(/N=N/c2ccc(S(=O)(=O)Nc3ccccn3)cc2)ccc1OC(C)=O. The van der Waals surface area contributed by atoms with E-state index in [4.69, 9.17) is 9.47 Å². The third kappa shape index (κ3) is 5.73. The molecule has 1 N–H and O–H groups in total. The van der Waals surface area contributed by atoms with E-state index < -0.39 is 22.0 Å². The molecule has 1 heterocycles. The van der Waals surface area contributed by atoms with Gasteiger partial charge in [0, 0.05) is 13.1 Å². The standard InChI is InChI=1S/C21H18N4O6S/c1-14(26)31-19-11-8-16(13-18(19)21(27)30-2)24-23-15-6-9-17(10-7-15)32(28,29)25-20-5-3-4-12-22-20/h3-13H,1-2H3,(H,22,25)/b24-23+. The Morgan fingerprint density at radius 1 is 0.969 bits per heavy atom. The first-order valence-corrected chi connectivity index (χ1v) is 10.6. The highest BCUT2D eigenvalue weighted by atomic mass is 32.2. The molecule has 1 aromatic heterocycles. The Kier molecular flexibility index (Phi) is 6.90. The molecule has 164 valence electrons. The van der Waals surface area contributed by atoms with Gasteiger partial charge >= 0.3 is 11.9 Å². The largest absolute Gasteiger partial charge is 0.465 e. The van der Waals surface area contributed by atoms with Gasteiger partial charge in [-0.15, -0.1) is 0 Å². The third-order valence-electron chi connectivity index (χ3n) is 3.95. The van der Waals surface area contributed by atoms with Crippen molar-refractivity contribution < 1.29 is 27.5 Å². The van der Waals surface area contributed by atoms with Gasteiger partial charge in [0.1, 0.15) is 17.1 Å². The Labute approximate surface area is 184 Å². The third-order valence-corrected chi connectivity index (χ3v) is 5.32. The molecule has 0 saturated carbocycles. The van der Waals surface area contributed by atoms with Crippen molar-refractivity contribution in [3.8, 4) is 5.75 Å². The van der Waals surface area contributed by atoms with Gasteiger partial charge in [-0.2, -0.15) is 10.2 Å². The van der Waals surface area contributed by atoms with Crippen LogP contribution in [0.2, 0.25) is 0 Å². The van der Waals surface area contributed by atoms with E-state index in [2.05, 4.69) is 19.9 Å². The summed E-state index contributed by atoms with van der Waals surface area (Å²) in [5.74, 6) is -1.04. The van der Waals surface area contributed by atoms with Crippen LogP contribution in [0.15, 0.2) is 82.0 Å². The number of methoxy groups -OCH3 is 1. The first-order chi connectivity index (χ1) is 15.3. The van der Waals surface area contributed by atoms with E-state index in [1.165, 1.54) is 68.8 Å². The number of nitrogens with one attached hydrogen (secondary N) is 1. The highest BCUT2D eigenvalue weighted by molar-refractivity contribution is 7.92. The van der Waals surface area contributed by atoms with Crippen LogP contribution < -0.4 is 9.46 Å². The Bertz CT molecular complexity index is 1260. The summed E-state index contributed by atoms with van der Waals surface area (Å²) in [5.41, 5.74) is 0.696. The topological polar surface area (TPSA) is 136 Å². The lowest BCUT2D eigenvalue weighted by Crippen LogP contribution is -2.13. The summed E-state index contributed by atoms with van der Waals surface area (Å²) in [6.45, 7) is 1.21. The maximum absolute atomic E-state index is 12.4. The lowest BCUT2D eigenvalue weighted by molar-refractivity contribution is -0.131. The number of sulfonamides is 1. The molecule has 0 atom stereocenters. The van der Waals surface area contributed by atoms with Gasteiger partial charge in [-0.1, -0.05) is 6.07 Å². The second-order valence-electron chi connectivity index (χ2n) is 6.28. The number of carbonyl (C=O) groups is 2. The molecule has 10 nitrogen and oxygen atoms in total. The molecular formula is C21H18N4O6S. The van der Waals surface area contributed by atoms with Gasteiger partial charge in [-0.05, 0) is 54.6 Å². The van der Waals surface area contributed by atoms with Crippen molar-refractivity contribution in [3.63, 3.8) is 0 Å².